The van der Waals surface area contributed by atoms with Gasteiger partial charge in [0.1, 0.15) is 6.10 Å². The Morgan fingerprint density at radius 1 is 0.895 bits per heavy atom. The van der Waals surface area contributed by atoms with Gasteiger partial charge in [-0.3, -0.25) is 0 Å². The van der Waals surface area contributed by atoms with Gasteiger partial charge in [-0.05, 0) is 17.7 Å². The Labute approximate surface area is 107 Å². The average Bonchev–Trinajstić information content (AvgIpc) is 2.41. The van der Waals surface area contributed by atoms with Crippen molar-refractivity contribution in [3.63, 3.8) is 0 Å². The minimum absolute atomic E-state index is 0.0855. The Hall–Kier alpha value is -1.88. The maximum atomic E-state index is 13.5. The minimum Gasteiger partial charge on any atom is -0.384 e. The summed E-state index contributed by atoms with van der Waals surface area (Å²) in [5, 5.41) is 9.95. The first-order chi connectivity index (χ1) is 9.00. The van der Waals surface area contributed by atoms with E-state index in [1.165, 1.54) is 30.3 Å². The van der Waals surface area contributed by atoms with E-state index in [0.29, 0.717) is 0 Å². The molecule has 2 aromatic carbocycles. The molecule has 0 aliphatic carbocycles. The standard InChI is InChI=1S/C14H10F4O/c15-11-6-2-5-10(12(11)16)13(19)8-3-1-4-9(7-8)14(17)18/h1-7,13-14,19H. The van der Waals surface area contributed by atoms with Crippen molar-refractivity contribution in [3.05, 3.63) is 70.8 Å². The van der Waals surface area contributed by atoms with Crippen molar-refractivity contribution in [1.29, 1.82) is 0 Å². The summed E-state index contributed by atoms with van der Waals surface area (Å²) in [6.45, 7) is 0. The molecule has 0 amide bonds. The number of halogens is 4. The van der Waals surface area contributed by atoms with Crippen LogP contribution in [0.5, 0.6) is 0 Å². The summed E-state index contributed by atoms with van der Waals surface area (Å²) in [5.41, 5.74) is -0.484. The van der Waals surface area contributed by atoms with Crippen LogP contribution < -0.4 is 0 Å². The van der Waals surface area contributed by atoms with E-state index < -0.39 is 24.2 Å². The molecular weight excluding hydrogens is 260 g/mol. The molecule has 0 heterocycles. The van der Waals surface area contributed by atoms with E-state index in [-0.39, 0.29) is 16.7 Å². The van der Waals surface area contributed by atoms with Gasteiger partial charge in [0.05, 0.1) is 0 Å². The predicted molar refractivity (Wildman–Crippen MR) is 61.8 cm³/mol. The molecule has 0 radical (unpaired) electrons. The smallest absolute Gasteiger partial charge is 0.263 e. The van der Waals surface area contributed by atoms with Gasteiger partial charge in [-0.15, -0.1) is 0 Å². The van der Waals surface area contributed by atoms with Gasteiger partial charge in [0.15, 0.2) is 11.6 Å². The zero-order valence-corrected chi connectivity index (χ0v) is 9.66. The lowest BCUT2D eigenvalue weighted by Gasteiger charge is -2.13. The first-order valence-electron chi connectivity index (χ1n) is 5.50. The van der Waals surface area contributed by atoms with E-state index in [1.807, 2.05) is 0 Å². The van der Waals surface area contributed by atoms with Crippen LogP contribution in [0.1, 0.15) is 29.2 Å². The number of hydrogen-bond donors (Lipinski definition) is 1. The molecule has 1 N–H and O–H groups in total. The molecule has 1 nitrogen and oxygen atoms in total. The van der Waals surface area contributed by atoms with Gasteiger partial charge in [-0.1, -0.05) is 30.3 Å². The van der Waals surface area contributed by atoms with Crippen LogP contribution in [-0.2, 0) is 0 Å². The second-order valence-corrected chi connectivity index (χ2v) is 4.02. The lowest BCUT2D eigenvalue weighted by molar-refractivity contribution is 0.150. The fraction of sp³-hybridized carbons (Fsp3) is 0.143. The lowest BCUT2D eigenvalue weighted by atomic mass is 9.99. The van der Waals surface area contributed by atoms with Crippen LogP contribution in [0.15, 0.2) is 42.5 Å². The number of aliphatic hydroxyl groups excluding tert-OH is 1. The Morgan fingerprint density at radius 2 is 1.53 bits per heavy atom. The third-order valence-corrected chi connectivity index (χ3v) is 2.75. The van der Waals surface area contributed by atoms with Crippen LogP contribution in [0.3, 0.4) is 0 Å². The Bertz CT molecular complexity index is 583. The molecule has 5 heteroatoms. The fourth-order valence-electron chi connectivity index (χ4n) is 1.78. The van der Waals surface area contributed by atoms with Crippen LogP contribution >= 0.6 is 0 Å². The number of alkyl halides is 2. The fourth-order valence-corrected chi connectivity index (χ4v) is 1.78. The molecule has 1 unspecified atom stereocenters. The van der Waals surface area contributed by atoms with Crippen molar-refractivity contribution < 1.29 is 22.7 Å². The zero-order valence-electron chi connectivity index (χ0n) is 9.66. The first-order valence-corrected chi connectivity index (χ1v) is 5.50. The maximum Gasteiger partial charge on any atom is 0.263 e. The molecule has 0 aliphatic rings. The Kier molecular flexibility index (Phi) is 3.85. The summed E-state index contributed by atoms with van der Waals surface area (Å²) in [5.74, 6) is -2.28. The normalized spacial score (nSPS) is 12.7. The molecule has 19 heavy (non-hydrogen) atoms. The molecule has 100 valence electrons. The number of aliphatic hydroxyl groups is 1. The van der Waals surface area contributed by atoms with Crippen LogP contribution in [0.2, 0.25) is 0 Å². The van der Waals surface area contributed by atoms with Gasteiger partial charge in [0, 0.05) is 11.1 Å². The Morgan fingerprint density at radius 3 is 2.21 bits per heavy atom. The second kappa shape index (κ2) is 5.40. The molecule has 0 saturated carbocycles. The molecule has 2 rings (SSSR count). The van der Waals surface area contributed by atoms with E-state index in [0.717, 1.165) is 12.1 Å². The van der Waals surface area contributed by atoms with Gasteiger partial charge in [-0.2, -0.15) is 0 Å². The molecular formula is C14H10F4O. The predicted octanol–water partition coefficient (Wildman–Crippen LogP) is 3.98. The summed E-state index contributed by atoms with van der Waals surface area (Å²) < 4.78 is 51.7. The topological polar surface area (TPSA) is 20.2 Å². The van der Waals surface area contributed by atoms with Crippen molar-refractivity contribution in [2.45, 2.75) is 12.5 Å². The molecule has 0 aliphatic heterocycles. The highest BCUT2D eigenvalue weighted by atomic mass is 19.3. The highest BCUT2D eigenvalue weighted by Crippen LogP contribution is 2.28. The Balaban J connectivity index is 2.41. The summed E-state index contributed by atoms with van der Waals surface area (Å²) in [6, 6.07) is 8.34. The molecule has 0 saturated heterocycles. The molecule has 0 fully saturated rings. The molecule has 2 aromatic rings. The van der Waals surface area contributed by atoms with Gasteiger partial charge < -0.3 is 5.11 Å². The number of benzene rings is 2. The van der Waals surface area contributed by atoms with E-state index in [4.69, 9.17) is 0 Å². The molecule has 1 atom stereocenters. The summed E-state index contributed by atoms with van der Waals surface area (Å²) in [4.78, 5) is 0. The van der Waals surface area contributed by atoms with Crippen molar-refractivity contribution in [1.82, 2.24) is 0 Å². The van der Waals surface area contributed by atoms with E-state index >= 15 is 0 Å². The highest BCUT2D eigenvalue weighted by molar-refractivity contribution is 5.34. The quantitative estimate of drug-likeness (QED) is 0.836. The summed E-state index contributed by atoms with van der Waals surface area (Å²) in [7, 11) is 0. The van der Waals surface area contributed by atoms with E-state index in [1.54, 1.807) is 0 Å². The van der Waals surface area contributed by atoms with Crippen LogP contribution in [0, 0.1) is 11.6 Å². The average molecular weight is 270 g/mol. The van der Waals surface area contributed by atoms with Gasteiger partial charge >= 0.3 is 0 Å². The minimum atomic E-state index is -2.69. The van der Waals surface area contributed by atoms with Crippen molar-refractivity contribution in [2.24, 2.45) is 0 Å². The van der Waals surface area contributed by atoms with Crippen LogP contribution in [0.4, 0.5) is 17.6 Å². The van der Waals surface area contributed by atoms with Crippen molar-refractivity contribution in [2.75, 3.05) is 0 Å². The lowest BCUT2D eigenvalue weighted by Crippen LogP contribution is -2.04. The van der Waals surface area contributed by atoms with E-state index in [9.17, 15) is 22.7 Å². The van der Waals surface area contributed by atoms with Crippen LogP contribution in [-0.4, -0.2) is 5.11 Å². The zero-order chi connectivity index (χ0) is 14.0. The number of rotatable bonds is 3. The molecule has 0 bridgehead atoms. The van der Waals surface area contributed by atoms with Crippen molar-refractivity contribution >= 4 is 0 Å². The summed E-state index contributed by atoms with van der Waals surface area (Å²) in [6.07, 6.45) is -4.18. The molecule has 0 aromatic heterocycles. The number of hydrogen-bond acceptors (Lipinski definition) is 1. The maximum absolute atomic E-state index is 13.5. The molecule has 0 spiro atoms. The van der Waals surface area contributed by atoms with Crippen molar-refractivity contribution in [3.8, 4) is 0 Å². The first kappa shape index (κ1) is 13.5. The third-order valence-electron chi connectivity index (χ3n) is 2.75. The third kappa shape index (κ3) is 2.76. The second-order valence-electron chi connectivity index (χ2n) is 4.02. The largest absolute Gasteiger partial charge is 0.384 e. The van der Waals surface area contributed by atoms with Crippen LogP contribution in [0.25, 0.3) is 0 Å². The monoisotopic (exact) mass is 270 g/mol. The SMILES string of the molecule is OC(c1cccc(C(F)F)c1)c1cccc(F)c1F. The summed E-state index contributed by atoms with van der Waals surface area (Å²) >= 11 is 0. The van der Waals surface area contributed by atoms with Gasteiger partial charge in [-0.25, -0.2) is 17.6 Å². The highest BCUT2D eigenvalue weighted by Gasteiger charge is 2.18. The van der Waals surface area contributed by atoms with Gasteiger partial charge in [0.25, 0.3) is 6.43 Å². The van der Waals surface area contributed by atoms with Gasteiger partial charge in [0.2, 0.25) is 0 Å². The van der Waals surface area contributed by atoms with E-state index in [2.05, 4.69) is 0 Å².